The summed E-state index contributed by atoms with van der Waals surface area (Å²) in [4.78, 5) is 10.8. The molecular weight excluding hydrogens is 448 g/mol. The highest BCUT2D eigenvalue weighted by Gasteiger charge is 2.14. The average molecular weight is 473 g/mol. The SMILES string of the molecule is CCOc1ccc(S(=O)(=O)NN=C(C)c2ccc(OC)c(CSc3ncccn3)c2)cc1. The topological polar surface area (TPSA) is 103 Å². The Morgan fingerprint density at radius 1 is 1.12 bits per heavy atom. The fraction of sp³-hybridized carbons (Fsp3) is 0.227. The summed E-state index contributed by atoms with van der Waals surface area (Å²) in [5, 5.41) is 4.75. The van der Waals surface area contributed by atoms with E-state index in [0.29, 0.717) is 29.0 Å². The van der Waals surface area contributed by atoms with Crippen molar-refractivity contribution in [3.05, 3.63) is 72.1 Å². The van der Waals surface area contributed by atoms with Crippen molar-refractivity contribution in [1.29, 1.82) is 0 Å². The van der Waals surface area contributed by atoms with Gasteiger partial charge in [0.05, 0.1) is 24.3 Å². The van der Waals surface area contributed by atoms with Crippen LogP contribution < -0.4 is 14.3 Å². The predicted octanol–water partition coefficient (Wildman–Crippen LogP) is 3.88. The average Bonchev–Trinajstić information content (AvgIpc) is 2.82. The van der Waals surface area contributed by atoms with Crippen LogP contribution in [0.2, 0.25) is 0 Å². The van der Waals surface area contributed by atoms with Crippen molar-refractivity contribution in [3.63, 3.8) is 0 Å². The van der Waals surface area contributed by atoms with Crippen LogP contribution in [0, 0.1) is 0 Å². The van der Waals surface area contributed by atoms with Crippen molar-refractivity contribution in [2.45, 2.75) is 29.7 Å². The maximum absolute atomic E-state index is 12.6. The lowest BCUT2D eigenvalue weighted by Crippen LogP contribution is -2.20. The summed E-state index contributed by atoms with van der Waals surface area (Å²) in [6.45, 7) is 4.11. The largest absolute Gasteiger partial charge is 0.496 e. The van der Waals surface area contributed by atoms with Gasteiger partial charge in [-0.3, -0.25) is 0 Å². The third kappa shape index (κ3) is 6.21. The van der Waals surface area contributed by atoms with Crippen LogP contribution >= 0.6 is 11.8 Å². The highest BCUT2D eigenvalue weighted by Crippen LogP contribution is 2.27. The van der Waals surface area contributed by atoms with E-state index < -0.39 is 10.0 Å². The Hall–Kier alpha value is -3.11. The van der Waals surface area contributed by atoms with Crippen LogP contribution in [0.25, 0.3) is 0 Å². The number of benzene rings is 2. The van der Waals surface area contributed by atoms with Gasteiger partial charge in [0.1, 0.15) is 11.5 Å². The number of hydrazone groups is 1. The molecular formula is C22H24N4O4S2. The zero-order valence-electron chi connectivity index (χ0n) is 18.0. The zero-order valence-corrected chi connectivity index (χ0v) is 19.6. The first kappa shape index (κ1) is 23.6. The van der Waals surface area contributed by atoms with E-state index in [9.17, 15) is 8.42 Å². The molecule has 32 heavy (non-hydrogen) atoms. The Kier molecular flexibility index (Phi) is 8.07. The maximum atomic E-state index is 12.6. The zero-order chi connectivity index (χ0) is 23.0. The third-order valence-corrected chi connectivity index (χ3v) is 6.52. The molecule has 0 fully saturated rings. The second kappa shape index (κ2) is 11.0. The van der Waals surface area contributed by atoms with Crippen LogP contribution in [0.1, 0.15) is 25.0 Å². The molecule has 0 amide bonds. The number of aromatic nitrogens is 2. The molecule has 0 saturated carbocycles. The Labute approximate surface area is 192 Å². The van der Waals surface area contributed by atoms with Gasteiger partial charge in [0.15, 0.2) is 5.16 Å². The molecule has 0 atom stereocenters. The molecule has 2 aromatic carbocycles. The maximum Gasteiger partial charge on any atom is 0.276 e. The van der Waals surface area contributed by atoms with E-state index in [-0.39, 0.29) is 4.90 Å². The van der Waals surface area contributed by atoms with Gasteiger partial charge >= 0.3 is 0 Å². The number of methoxy groups -OCH3 is 1. The van der Waals surface area contributed by atoms with Crippen LogP contribution in [-0.2, 0) is 15.8 Å². The molecule has 10 heteroatoms. The highest BCUT2D eigenvalue weighted by atomic mass is 32.2. The Morgan fingerprint density at radius 3 is 2.50 bits per heavy atom. The minimum atomic E-state index is -3.80. The molecule has 0 spiro atoms. The lowest BCUT2D eigenvalue weighted by molar-refractivity contribution is 0.340. The number of nitrogens with one attached hydrogen (secondary N) is 1. The Balaban J connectivity index is 1.74. The number of ether oxygens (including phenoxy) is 2. The Morgan fingerprint density at radius 2 is 1.84 bits per heavy atom. The van der Waals surface area contributed by atoms with Gasteiger partial charge in [-0.15, -0.1) is 0 Å². The van der Waals surface area contributed by atoms with Gasteiger partial charge in [-0.25, -0.2) is 9.97 Å². The minimum absolute atomic E-state index is 0.104. The van der Waals surface area contributed by atoms with Gasteiger partial charge in [0, 0.05) is 23.7 Å². The smallest absolute Gasteiger partial charge is 0.276 e. The predicted molar refractivity (Wildman–Crippen MR) is 125 cm³/mol. The van der Waals surface area contributed by atoms with Crippen molar-refractivity contribution in [2.75, 3.05) is 13.7 Å². The first-order valence-electron chi connectivity index (χ1n) is 9.79. The summed E-state index contributed by atoms with van der Waals surface area (Å²) in [6, 6.07) is 13.5. The van der Waals surface area contributed by atoms with Crippen molar-refractivity contribution >= 4 is 27.5 Å². The van der Waals surface area contributed by atoms with E-state index in [1.54, 1.807) is 44.6 Å². The molecule has 1 N–H and O–H groups in total. The third-order valence-electron chi connectivity index (χ3n) is 4.38. The summed E-state index contributed by atoms with van der Waals surface area (Å²) >= 11 is 1.48. The molecule has 0 aliphatic carbocycles. The van der Waals surface area contributed by atoms with Crippen molar-refractivity contribution in [3.8, 4) is 11.5 Å². The van der Waals surface area contributed by atoms with Crippen LogP contribution in [0.5, 0.6) is 11.5 Å². The van der Waals surface area contributed by atoms with Crippen LogP contribution in [0.15, 0.2) is 76.1 Å². The van der Waals surface area contributed by atoms with Crippen molar-refractivity contribution < 1.29 is 17.9 Å². The second-order valence-electron chi connectivity index (χ2n) is 6.54. The fourth-order valence-corrected chi connectivity index (χ4v) is 4.38. The molecule has 0 aliphatic heterocycles. The van der Waals surface area contributed by atoms with Crippen LogP contribution in [-0.4, -0.2) is 37.8 Å². The van der Waals surface area contributed by atoms with Gasteiger partial charge in [-0.05, 0) is 67.9 Å². The standard InChI is InChI=1S/C22H24N4O4S2/c1-4-30-19-7-9-20(10-8-19)32(27,28)26-25-16(2)17-6-11-21(29-3)18(14-17)15-31-22-23-12-5-13-24-22/h5-14,26H,4,15H2,1-3H3. The first-order valence-corrected chi connectivity index (χ1v) is 12.3. The first-order chi connectivity index (χ1) is 15.4. The van der Waals surface area contributed by atoms with Gasteiger partial charge in [-0.1, -0.05) is 11.8 Å². The van der Waals surface area contributed by atoms with E-state index in [1.165, 1.54) is 23.9 Å². The number of sulfonamides is 1. The van der Waals surface area contributed by atoms with E-state index >= 15 is 0 Å². The summed E-state index contributed by atoms with van der Waals surface area (Å²) in [5.41, 5.74) is 2.21. The van der Waals surface area contributed by atoms with E-state index in [0.717, 1.165) is 16.9 Å². The van der Waals surface area contributed by atoms with Gasteiger partial charge in [-0.2, -0.15) is 18.4 Å². The number of thioether (sulfide) groups is 1. The van der Waals surface area contributed by atoms with E-state index in [1.807, 2.05) is 25.1 Å². The summed E-state index contributed by atoms with van der Waals surface area (Å²) in [6.07, 6.45) is 3.38. The summed E-state index contributed by atoms with van der Waals surface area (Å²) < 4.78 is 35.9. The number of hydrogen-bond acceptors (Lipinski definition) is 8. The normalized spacial score (nSPS) is 11.8. The molecule has 3 rings (SSSR count). The molecule has 0 saturated heterocycles. The number of rotatable bonds is 10. The molecule has 0 bridgehead atoms. The molecule has 1 aromatic heterocycles. The Bertz CT molecular complexity index is 1170. The summed E-state index contributed by atoms with van der Waals surface area (Å²) in [7, 11) is -2.20. The number of nitrogens with zero attached hydrogens (tertiary/aromatic N) is 3. The molecule has 0 aliphatic rings. The summed E-state index contributed by atoms with van der Waals surface area (Å²) in [5.74, 6) is 1.92. The van der Waals surface area contributed by atoms with Gasteiger partial charge in [0.2, 0.25) is 0 Å². The molecule has 0 radical (unpaired) electrons. The minimum Gasteiger partial charge on any atom is -0.496 e. The second-order valence-corrected chi connectivity index (χ2v) is 9.15. The van der Waals surface area contributed by atoms with Crippen LogP contribution in [0.3, 0.4) is 0 Å². The van der Waals surface area contributed by atoms with Crippen molar-refractivity contribution in [2.24, 2.45) is 5.10 Å². The lowest BCUT2D eigenvalue weighted by Gasteiger charge is -2.11. The molecule has 8 nitrogen and oxygen atoms in total. The molecule has 0 unspecified atom stereocenters. The van der Waals surface area contributed by atoms with Gasteiger partial charge in [0.25, 0.3) is 10.0 Å². The molecule has 168 valence electrons. The monoisotopic (exact) mass is 472 g/mol. The number of hydrogen-bond donors (Lipinski definition) is 1. The van der Waals surface area contributed by atoms with E-state index in [4.69, 9.17) is 9.47 Å². The van der Waals surface area contributed by atoms with E-state index in [2.05, 4.69) is 19.9 Å². The van der Waals surface area contributed by atoms with Crippen molar-refractivity contribution in [1.82, 2.24) is 14.8 Å². The molecule has 1 heterocycles. The molecule has 3 aromatic rings. The fourth-order valence-electron chi connectivity index (χ4n) is 2.75. The van der Waals surface area contributed by atoms with Gasteiger partial charge < -0.3 is 9.47 Å². The quantitative estimate of drug-likeness (QED) is 0.207. The lowest BCUT2D eigenvalue weighted by atomic mass is 10.1. The van der Waals surface area contributed by atoms with Crippen LogP contribution in [0.4, 0.5) is 0 Å². The highest BCUT2D eigenvalue weighted by molar-refractivity contribution is 7.98.